The summed E-state index contributed by atoms with van der Waals surface area (Å²) in [6.07, 6.45) is 3.57. The summed E-state index contributed by atoms with van der Waals surface area (Å²) in [5.41, 5.74) is 3.45. The first-order valence-corrected chi connectivity index (χ1v) is 5.87. The molecule has 1 aromatic carbocycles. The maximum Gasteiger partial charge on any atom is 0.306 e. The number of aromatic nitrogens is 1. The van der Waals surface area contributed by atoms with Crippen molar-refractivity contribution in [1.29, 1.82) is 0 Å². The van der Waals surface area contributed by atoms with Gasteiger partial charge in [-0.1, -0.05) is 22.9 Å². The van der Waals surface area contributed by atoms with E-state index in [4.69, 9.17) is 0 Å². The number of nitrogens with zero attached hydrogens (tertiary/aromatic N) is 1. The fourth-order valence-corrected chi connectivity index (χ4v) is 1.93. The number of halogens is 2. The van der Waals surface area contributed by atoms with Gasteiger partial charge < -0.3 is 12.4 Å². The van der Waals surface area contributed by atoms with Crippen LogP contribution in [-0.2, 0) is 0 Å². The molecule has 0 aliphatic carbocycles. The molecule has 0 aliphatic rings. The highest BCUT2D eigenvalue weighted by Crippen LogP contribution is 2.10. The molecule has 0 radical (unpaired) electrons. The number of pyridine rings is 1. The van der Waals surface area contributed by atoms with Gasteiger partial charge in [-0.2, -0.15) is 0 Å². The molecule has 2 aromatic rings. The van der Waals surface area contributed by atoms with Gasteiger partial charge >= 0.3 is 5.91 Å². The van der Waals surface area contributed by atoms with Crippen molar-refractivity contribution < 1.29 is 21.9 Å². The SMILES string of the molecule is O=C(N[n+]1ccccc1)c1ccccc1I.[Cl-]. The lowest BCUT2D eigenvalue weighted by atomic mass is 10.2. The average Bonchev–Trinajstić information content (AvgIpc) is 2.31. The Hall–Kier alpha value is -1.14. The van der Waals surface area contributed by atoms with E-state index < -0.39 is 0 Å². The third kappa shape index (κ3) is 3.67. The minimum Gasteiger partial charge on any atom is -1.00 e. The number of hydrogen-bond acceptors (Lipinski definition) is 1. The standard InChI is InChI=1S/C12H9IN2O.ClH/c13-11-7-3-2-6-10(11)12(16)14-15-8-4-1-5-9-15;/h1-9H;1H. The van der Waals surface area contributed by atoms with Crippen LogP contribution in [0.1, 0.15) is 10.4 Å². The van der Waals surface area contributed by atoms with Gasteiger partial charge in [-0.15, -0.1) is 5.43 Å². The molecule has 2 rings (SSSR count). The number of carbonyl (C=O) groups is 1. The van der Waals surface area contributed by atoms with Crippen molar-refractivity contribution in [1.82, 2.24) is 0 Å². The third-order valence-electron chi connectivity index (χ3n) is 2.06. The van der Waals surface area contributed by atoms with Gasteiger partial charge in [-0.3, -0.25) is 4.79 Å². The molecular weight excluding hydrogens is 351 g/mol. The van der Waals surface area contributed by atoms with Crippen LogP contribution in [0.4, 0.5) is 0 Å². The van der Waals surface area contributed by atoms with E-state index in [1.165, 1.54) is 0 Å². The number of hydrogen-bond donors (Lipinski definition) is 1. The molecule has 0 bridgehead atoms. The Labute approximate surface area is 119 Å². The van der Waals surface area contributed by atoms with Crippen LogP contribution in [0.5, 0.6) is 0 Å². The summed E-state index contributed by atoms with van der Waals surface area (Å²) in [6.45, 7) is 0. The van der Waals surface area contributed by atoms with E-state index in [1.807, 2.05) is 36.4 Å². The summed E-state index contributed by atoms with van der Waals surface area (Å²) >= 11 is 2.15. The quantitative estimate of drug-likeness (QED) is 0.539. The summed E-state index contributed by atoms with van der Waals surface area (Å²) in [5.74, 6) is -0.110. The van der Waals surface area contributed by atoms with Crippen molar-refractivity contribution in [3.63, 3.8) is 0 Å². The van der Waals surface area contributed by atoms with Crippen molar-refractivity contribution in [3.8, 4) is 0 Å². The Kier molecular flexibility index (Phi) is 5.37. The summed E-state index contributed by atoms with van der Waals surface area (Å²) in [6, 6.07) is 13.1. The highest BCUT2D eigenvalue weighted by Gasteiger charge is 2.12. The molecule has 1 heterocycles. The van der Waals surface area contributed by atoms with Crippen LogP contribution in [-0.4, -0.2) is 5.91 Å². The fourth-order valence-electron chi connectivity index (χ4n) is 1.30. The minimum atomic E-state index is -0.110. The van der Waals surface area contributed by atoms with Gasteiger partial charge in [-0.05, 0) is 34.7 Å². The third-order valence-corrected chi connectivity index (χ3v) is 3.01. The molecule has 88 valence electrons. The van der Waals surface area contributed by atoms with Crippen LogP contribution >= 0.6 is 22.6 Å². The second-order valence-corrected chi connectivity index (χ2v) is 4.37. The molecular formula is C12H10ClIN2O. The summed E-state index contributed by atoms with van der Waals surface area (Å²) in [7, 11) is 0. The van der Waals surface area contributed by atoms with Gasteiger partial charge in [0.05, 0.1) is 5.56 Å². The van der Waals surface area contributed by atoms with Gasteiger partial charge in [0.25, 0.3) is 0 Å². The molecule has 1 aromatic heterocycles. The molecule has 3 nitrogen and oxygen atoms in total. The number of carbonyl (C=O) groups excluding carboxylic acids is 1. The molecule has 5 heteroatoms. The fraction of sp³-hybridized carbons (Fsp3) is 0. The molecule has 1 amide bonds. The van der Waals surface area contributed by atoms with Crippen molar-refractivity contribution in [2.24, 2.45) is 0 Å². The number of nitrogens with one attached hydrogen (secondary N) is 1. The second kappa shape index (κ2) is 6.56. The normalized spacial score (nSPS) is 9.24. The lowest BCUT2D eigenvalue weighted by Crippen LogP contribution is -3.00. The maximum atomic E-state index is 11.9. The molecule has 17 heavy (non-hydrogen) atoms. The highest BCUT2D eigenvalue weighted by atomic mass is 127. The van der Waals surface area contributed by atoms with Crippen molar-refractivity contribution in [3.05, 3.63) is 64.0 Å². The number of benzene rings is 1. The van der Waals surface area contributed by atoms with E-state index in [1.54, 1.807) is 23.1 Å². The lowest BCUT2D eigenvalue weighted by Gasteiger charge is -2.01. The van der Waals surface area contributed by atoms with Crippen LogP contribution in [0.15, 0.2) is 54.9 Å². The summed E-state index contributed by atoms with van der Waals surface area (Å²) in [4.78, 5) is 11.9. The molecule has 0 spiro atoms. The summed E-state index contributed by atoms with van der Waals surface area (Å²) in [5, 5.41) is 0. The molecule has 0 saturated carbocycles. The first-order chi connectivity index (χ1) is 7.77. The zero-order chi connectivity index (χ0) is 11.4. The van der Waals surface area contributed by atoms with Crippen molar-refractivity contribution in [2.45, 2.75) is 0 Å². The monoisotopic (exact) mass is 360 g/mol. The number of amides is 1. The van der Waals surface area contributed by atoms with E-state index in [2.05, 4.69) is 28.0 Å². The number of rotatable bonds is 2. The van der Waals surface area contributed by atoms with E-state index in [0.717, 1.165) is 3.57 Å². The van der Waals surface area contributed by atoms with Gasteiger partial charge in [0.2, 0.25) is 0 Å². The second-order valence-electron chi connectivity index (χ2n) is 3.20. The van der Waals surface area contributed by atoms with Crippen LogP contribution in [0, 0.1) is 3.57 Å². The average molecular weight is 361 g/mol. The van der Waals surface area contributed by atoms with Gasteiger partial charge in [-0.25, -0.2) is 0 Å². The van der Waals surface area contributed by atoms with Crippen molar-refractivity contribution >= 4 is 28.5 Å². The van der Waals surface area contributed by atoms with Crippen molar-refractivity contribution in [2.75, 3.05) is 5.43 Å². The van der Waals surface area contributed by atoms with Crippen LogP contribution < -0.4 is 22.5 Å². The molecule has 0 atom stereocenters. The Morgan fingerprint density at radius 3 is 2.35 bits per heavy atom. The Bertz CT molecular complexity index is 505. The predicted molar refractivity (Wildman–Crippen MR) is 69.5 cm³/mol. The Morgan fingerprint density at radius 2 is 1.71 bits per heavy atom. The smallest absolute Gasteiger partial charge is 0.306 e. The van der Waals surface area contributed by atoms with Crippen LogP contribution in [0.2, 0.25) is 0 Å². The Balaban J connectivity index is 0.00000144. The largest absolute Gasteiger partial charge is 1.00 e. The molecule has 1 N–H and O–H groups in total. The zero-order valence-corrected chi connectivity index (χ0v) is 11.7. The predicted octanol–water partition coefficient (Wildman–Crippen LogP) is -1.03. The lowest BCUT2D eigenvalue weighted by molar-refractivity contribution is -0.641. The van der Waals surface area contributed by atoms with E-state index in [-0.39, 0.29) is 18.3 Å². The van der Waals surface area contributed by atoms with Gasteiger partial charge in [0.15, 0.2) is 12.4 Å². The van der Waals surface area contributed by atoms with Gasteiger partial charge in [0.1, 0.15) is 0 Å². The van der Waals surface area contributed by atoms with Crippen LogP contribution in [0.25, 0.3) is 0 Å². The summed E-state index contributed by atoms with van der Waals surface area (Å²) < 4.78 is 2.57. The first kappa shape index (κ1) is 13.9. The molecule has 0 aliphatic heterocycles. The van der Waals surface area contributed by atoms with Crippen LogP contribution in [0.3, 0.4) is 0 Å². The molecule has 0 unspecified atom stereocenters. The van der Waals surface area contributed by atoms with E-state index in [0.29, 0.717) is 5.56 Å². The van der Waals surface area contributed by atoms with Gasteiger partial charge in [0, 0.05) is 15.7 Å². The first-order valence-electron chi connectivity index (χ1n) is 4.79. The highest BCUT2D eigenvalue weighted by molar-refractivity contribution is 14.1. The minimum absolute atomic E-state index is 0. The molecule has 0 fully saturated rings. The topological polar surface area (TPSA) is 33.0 Å². The van der Waals surface area contributed by atoms with E-state index >= 15 is 0 Å². The van der Waals surface area contributed by atoms with E-state index in [9.17, 15) is 4.79 Å². The Morgan fingerprint density at radius 1 is 1.06 bits per heavy atom. The zero-order valence-electron chi connectivity index (χ0n) is 8.81. The maximum absolute atomic E-state index is 11.9. The molecule has 0 saturated heterocycles.